The van der Waals surface area contributed by atoms with E-state index < -0.39 is 27.7 Å². The standard InChI is InChI=1S/C27H35F2N5O2S/c1-6-23(21-11-10-20(28)14-22(21)29)32-37(35,36)25-12-9-18(2)31-26(25)33-13-7-8-19(16-33)24-15-30-17-34(24)27(3,4)5/h9-12,14-15,17,19,23,32H,6-8,13,16H2,1-5H3. The molecular formula is C27H35F2N5O2S. The molecule has 7 nitrogen and oxygen atoms in total. The highest BCUT2D eigenvalue weighted by molar-refractivity contribution is 7.89. The molecule has 37 heavy (non-hydrogen) atoms. The summed E-state index contributed by atoms with van der Waals surface area (Å²) in [5.74, 6) is -0.950. The third kappa shape index (κ3) is 5.85. The number of sulfonamides is 1. The van der Waals surface area contributed by atoms with Crippen LogP contribution in [-0.4, -0.2) is 36.0 Å². The highest BCUT2D eigenvalue weighted by Gasteiger charge is 2.32. The lowest BCUT2D eigenvalue weighted by Gasteiger charge is -2.36. The average molecular weight is 532 g/mol. The van der Waals surface area contributed by atoms with E-state index in [9.17, 15) is 17.2 Å². The zero-order valence-electron chi connectivity index (χ0n) is 22.0. The van der Waals surface area contributed by atoms with E-state index in [0.717, 1.165) is 30.7 Å². The second-order valence-corrected chi connectivity index (χ2v) is 12.3. The normalized spacial score (nSPS) is 17.7. The molecule has 1 aromatic carbocycles. The minimum absolute atomic E-state index is 0.0454. The lowest BCUT2D eigenvalue weighted by Crippen LogP contribution is -2.38. The van der Waals surface area contributed by atoms with Crippen molar-refractivity contribution >= 4 is 15.8 Å². The lowest BCUT2D eigenvalue weighted by atomic mass is 9.93. The van der Waals surface area contributed by atoms with Gasteiger partial charge in [-0.1, -0.05) is 13.0 Å². The second-order valence-electron chi connectivity index (χ2n) is 10.7. The van der Waals surface area contributed by atoms with Crippen molar-refractivity contribution in [3.05, 3.63) is 71.4 Å². The molecule has 3 aromatic rings. The molecule has 2 aromatic heterocycles. The Bertz CT molecular complexity index is 1370. The van der Waals surface area contributed by atoms with Gasteiger partial charge in [0.2, 0.25) is 10.0 Å². The zero-order valence-corrected chi connectivity index (χ0v) is 22.8. The van der Waals surface area contributed by atoms with Crippen LogP contribution in [0.3, 0.4) is 0 Å². The van der Waals surface area contributed by atoms with Crippen molar-refractivity contribution in [1.82, 2.24) is 19.3 Å². The number of hydrogen-bond acceptors (Lipinski definition) is 5. The van der Waals surface area contributed by atoms with Crippen LogP contribution in [0.1, 0.15) is 75.9 Å². The van der Waals surface area contributed by atoms with Gasteiger partial charge in [-0.3, -0.25) is 0 Å². The smallest absolute Gasteiger partial charge is 0.244 e. The Hall–Kier alpha value is -2.85. The molecule has 1 aliphatic heterocycles. The fourth-order valence-electron chi connectivity index (χ4n) is 4.95. The van der Waals surface area contributed by atoms with Crippen LogP contribution >= 0.6 is 0 Å². The summed E-state index contributed by atoms with van der Waals surface area (Å²) in [6, 6.07) is 5.54. The average Bonchev–Trinajstić information content (AvgIpc) is 3.34. The van der Waals surface area contributed by atoms with E-state index in [1.165, 1.54) is 6.07 Å². The number of aryl methyl sites for hydroxylation is 1. The Balaban J connectivity index is 1.66. The van der Waals surface area contributed by atoms with Gasteiger partial charge in [-0.05, 0) is 65.2 Å². The van der Waals surface area contributed by atoms with Gasteiger partial charge in [0, 0.05) is 59.8 Å². The van der Waals surface area contributed by atoms with Crippen molar-refractivity contribution < 1.29 is 17.2 Å². The minimum Gasteiger partial charge on any atom is -0.355 e. The Morgan fingerprint density at radius 3 is 2.62 bits per heavy atom. The molecule has 0 radical (unpaired) electrons. The molecule has 10 heteroatoms. The van der Waals surface area contributed by atoms with Gasteiger partial charge in [0.25, 0.3) is 0 Å². The highest BCUT2D eigenvalue weighted by Crippen LogP contribution is 2.34. The predicted molar refractivity (Wildman–Crippen MR) is 140 cm³/mol. The van der Waals surface area contributed by atoms with Crippen LogP contribution in [0.25, 0.3) is 0 Å². The Morgan fingerprint density at radius 2 is 1.95 bits per heavy atom. The molecule has 0 saturated carbocycles. The Labute approximate surface area is 218 Å². The van der Waals surface area contributed by atoms with Crippen molar-refractivity contribution in [1.29, 1.82) is 0 Å². The van der Waals surface area contributed by atoms with E-state index in [0.29, 0.717) is 31.0 Å². The first-order valence-electron chi connectivity index (χ1n) is 12.6. The van der Waals surface area contributed by atoms with Gasteiger partial charge >= 0.3 is 0 Å². The number of pyridine rings is 1. The van der Waals surface area contributed by atoms with Crippen LogP contribution < -0.4 is 9.62 Å². The number of halogens is 2. The van der Waals surface area contributed by atoms with Crippen molar-refractivity contribution in [2.45, 2.75) is 76.3 Å². The maximum Gasteiger partial charge on any atom is 0.244 e. The maximum atomic E-state index is 14.5. The number of piperidine rings is 1. The van der Waals surface area contributed by atoms with E-state index in [-0.39, 0.29) is 21.9 Å². The summed E-state index contributed by atoms with van der Waals surface area (Å²) in [5.41, 5.74) is 1.79. The molecule has 0 bridgehead atoms. The molecule has 1 N–H and O–H groups in total. The molecule has 0 aliphatic carbocycles. The number of nitrogens with one attached hydrogen (secondary N) is 1. The highest BCUT2D eigenvalue weighted by atomic mass is 32.2. The predicted octanol–water partition coefficient (Wildman–Crippen LogP) is 5.43. The topological polar surface area (TPSA) is 80.1 Å². The van der Waals surface area contributed by atoms with E-state index in [2.05, 4.69) is 40.0 Å². The van der Waals surface area contributed by atoms with Crippen LogP contribution in [0.15, 0.2) is 47.8 Å². The van der Waals surface area contributed by atoms with Crippen molar-refractivity contribution in [2.24, 2.45) is 0 Å². The fraction of sp³-hybridized carbons (Fsp3) is 0.481. The van der Waals surface area contributed by atoms with Crippen molar-refractivity contribution in [2.75, 3.05) is 18.0 Å². The second kappa shape index (κ2) is 10.5. The molecular weight excluding hydrogens is 496 g/mol. The third-order valence-electron chi connectivity index (χ3n) is 6.84. The molecule has 200 valence electrons. The number of anilines is 1. The largest absolute Gasteiger partial charge is 0.355 e. The number of benzene rings is 1. The number of imidazole rings is 1. The minimum atomic E-state index is -4.08. The molecule has 1 aliphatic rings. The van der Waals surface area contributed by atoms with E-state index in [1.54, 1.807) is 19.1 Å². The molecule has 4 rings (SSSR count). The van der Waals surface area contributed by atoms with Crippen LogP contribution in [-0.2, 0) is 15.6 Å². The summed E-state index contributed by atoms with van der Waals surface area (Å²) in [6.07, 6.45) is 5.87. The first kappa shape index (κ1) is 27.2. The summed E-state index contributed by atoms with van der Waals surface area (Å²) >= 11 is 0. The fourth-order valence-corrected chi connectivity index (χ4v) is 6.40. The van der Waals surface area contributed by atoms with E-state index >= 15 is 0 Å². The molecule has 3 heterocycles. The molecule has 1 fully saturated rings. The SMILES string of the molecule is CCC(NS(=O)(=O)c1ccc(C)nc1N1CCCC(c2cncn2C(C)(C)C)C1)c1ccc(F)cc1F. The number of rotatable bonds is 7. The summed E-state index contributed by atoms with van der Waals surface area (Å²) in [4.78, 5) is 11.1. The number of nitrogens with zero attached hydrogens (tertiary/aromatic N) is 4. The zero-order chi connectivity index (χ0) is 27.0. The lowest BCUT2D eigenvalue weighted by molar-refractivity contribution is 0.364. The van der Waals surface area contributed by atoms with Gasteiger partial charge in [0.05, 0.1) is 6.33 Å². The van der Waals surface area contributed by atoms with E-state index in [4.69, 9.17) is 0 Å². The first-order chi connectivity index (χ1) is 17.4. The summed E-state index contributed by atoms with van der Waals surface area (Å²) in [6.45, 7) is 11.2. The van der Waals surface area contributed by atoms with Gasteiger partial charge in [-0.25, -0.2) is 31.9 Å². The van der Waals surface area contributed by atoms with Gasteiger partial charge in [0.1, 0.15) is 22.3 Å². The van der Waals surface area contributed by atoms with Crippen LogP contribution in [0.4, 0.5) is 14.6 Å². The monoisotopic (exact) mass is 531 g/mol. The maximum absolute atomic E-state index is 14.5. The van der Waals surface area contributed by atoms with Crippen LogP contribution in [0.2, 0.25) is 0 Å². The Morgan fingerprint density at radius 1 is 1.19 bits per heavy atom. The van der Waals surface area contributed by atoms with Crippen molar-refractivity contribution in [3.8, 4) is 0 Å². The van der Waals surface area contributed by atoms with Crippen molar-refractivity contribution in [3.63, 3.8) is 0 Å². The third-order valence-corrected chi connectivity index (χ3v) is 8.33. The summed E-state index contributed by atoms with van der Waals surface area (Å²) < 4.78 is 60.0. The van der Waals surface area contributed by atoms with E-state index in [1.807, 2.05) is 24.3 Å². The quantitative estimate of drug-likeness (QED) is 0.440. The van der Waals surface area contributed by atoms with Gasteiger partial charge in [-0.15, -0.1) is 0 Å². The molecule has 0 spiro atoms. The molecule has 2 unspecified atom stereocenters. The number of aromatic nitrogens is 3. The Kier molecular flexibility index (Phi) is 7.71. The van der Waals surface area contributed by atoms with Gasteiger partial charge in [0.15, 0.2) is 0 Å². The van der Waals surface area contributed by atoms with Gasteiger partial charge in [-0.2, -0.15) is 0 Å². The number of hydrogen-bond donors (Lipinski definition) is 1. The van der Waals surface area contributed by atoms with Gasteiger partial charge < -0.3 is 9.47 Å². The first-order valence-corrected chi connectivity index (χ1v) is 14.1. The summed E-state index contributed by atoms with van der Waals surface area (Å²) in [7, 11) is -4.08. The summed E-state index contributed by atoms with van der Waals surface area (Å²) in [5, 5.41) is 0. The molecule has 1 saturated heterocycles. The van der Waals surface area contributed by atoms with Crippen LogP contribution in [0.5, 0.6) is 0 Å². The molecule has 2 atom stereocenters. The van der Waals surface area contributed by atoms with Crippen LogP contribution in [0, 0.1) is 18.6 Å². The molecule has 0 amide bonds.